The van der Waals surface area contributed by atoms with E-state index in [-0.39, 0.29) is 5.41 Å². The molecule has 1 heterocycles. The van der Waals surface area contributed by atoms with Gasteiger partial charge >= 0.3 is 8.56 Å². The Morgan fingerprint density at radius 3 is 2.09 bits per heavy atom. The first kappa shape index (κ1) is 17.7. The summed E-state index contributed by atoms with van der Waals surface area (Å²) in [5.74, 6) is -0.839. The van der Waals surface area contributed by atoms with Crippen LogP contribution in [0.15, 0.2) is 30.3 Å². The summed E-state index contributed by atoms with van der Waals surface area (Å²) in [6, 6.07) is 9.91. The minimum atomic E-state index is -3.16. The van der Waals surface area contributed by atoms with Crippen molar-refractivity contribution in [3.8, 4) is 0 Å². The Hall–Kier alpha value is -1.66. The summed E-state index contributed by atoms with van der Waals surface area (Å²) < 4.78 is 16.7. The molecule has 1 aliphatic rings. The van der Waals surface area contributed by atoms with Gasteiger partial charge in [0.15, 0.2) is 0 Å². The average molecular weight is 336 g/mol. The van der Waals surface area contributed by atoms with E-state index in [2.05, 4.69) is 6.92 Å². The molecule has 0 aromatic heterocycles. The lowest BCUT2D eigenvalue weighted by atomic mass is 9.81. The zero-order chi connectivity index (χ0) is 16.9. The summed E-state index contributed by atoms with van der Waals surface area (Å²) in [7, 11) is -3.16. The van der Waals surface area contributed by atoms with Crippen molar-refractivity contribution in [3.05, 3.63) is 30.3 Å². The number of benzene rings is 1. The van der Waals surface area contributed by atoms with Gasteiger partial charge in [0.1, 0.15) is 0 Å². The Labute approximate surface area is 138 Å². The first-order valence-electron chi connectivity index (χ1n) is 7.94. The van der Waals surface area contributed by atoms with Crippen molar-refractivity contribution in [1.29, 1.82) is 0 Å². The third-order valence-corrected chi connectivity index (χ3v) is 7.74. The largest absolute Gasteiger partial charge is 0.499 e. The summed E-state index contributed by atoms with van der Waals surface area (Å²) in [6.07, 6.45) is 1.80. The molecule has 1 aromatic rings. The van der Waals surface area contributed by atoms with Crippen LogP contribution >= 0.6 is 0 Å². The summed E-state index contributed by atoms with van der Waals surface area (Å²) >= 11 is 0. The molecule has 0 radical (unpaired) electrons. The van der Waals surface area contributed by atoms with Crippen LogP contribution < -0.4 is 5.19 Å². The lowest BCUT2D eigenvalue weighted by molar-refractivity contribution is -0.139. The van der Waals surface area contributed by atoms with E-state index in [0.29, 0.717) is 19.3 Å². The first-order valence-corrected chi connectivity index (χ1v) is 9.96. The molecule has 6 heteroatoms. The van der Waals surface area contributed by atoms with Gasteiger partial charge in [-0.05, 0) is 12.8 Å². The molecular weight excluding hydrogens is 312 g/mol. The van der Waals surface area contributed by atoms with Crippen molar-refractivity contribution < 1.29 is 23.2 Å². The number of hydrogen-bond acceptors (Lipinski definition) is 5. The first-order chi connectivity index (χ1) is 10.9. The lowest BCUT2D eigenvalue weighted by Crippen LogP contribution is -2.57. The highest BCUT2D eigenvalue weighted by atomic mass is 28.4. The monoisotopic (exact) mass is 336 g/mol. The molecule has 0 amide bonds. The smallest absolute Gasteiger partial charge is 0.482 e. The highest BCUT2D eigenvalue weighted by Crippen LogP contribution is 2.38. The van der Waals surface area contributed by atoms with Crippen molar-refractivity contribution >= 4 is 25.7 Å². The van der Waals surface area contributed by atoms with Crippen molar-refractivity contribution in [3.63, 3.8) is 0 Å². The van der Waals surface area contributed by atoms with Crippen LogP contribution in [0.3, 0.4) is 0 Å². The van der Waals surface area contributed by atoms with E-state index in [1.54, 1.807) is 0 Å². The van der Waals surface area contributed by atoms with Crippen LogP contribution in [-0.4, -0.2) is 33.7 Å². The van der Waals surface area contributed by atoms with E-state index in [4.69, 9.17) is 13.6 Å². The Morgan fingerprint density at radius 1 is 1.13 bits per heavy atom. The van der Waals surface area contributed by atoms with Crippen LogP contribution in [0.1, 0.15) is 33.6 Å². The van der Waals surface area contributed by atoms with Gasteiger partial charge in [-0.2, -0.15) is 0 Å². The molecule has 1 aliphatic heterocycles. The molecule has 2 rings (SSSR count). The molecule has 1 saturated heterocycles. The second kappa shape index (κ2) is 7.27. The lowest BCUT2D eigenvalue weighted by Gasteiger charge is -2.42. The fourth-order valence-corrected chi connectivity index (χ4v) is 6.15. The van der Waals surface area contributed by atoms with E-state index in [0.717, 1.165) is 18.0 Å². The van der Waals surface area contributed by atoms with Crippen LogP contribution in [0, 0.1) is 5.41 Å². The highest BCUT2D eigenvalue weighted by molar-refractivity contribution is 6.83. The zero-order valence-electron chi connectivity index (χ0n) is 14.0. The molecule has 0 N–H and O–H groups in total. The molecule has 0 unspecified atom stereocenters. The third-order valence-electron chi connectivity index (χ3n) is 4.38. The molecule has 23 heavy (non-hydrogen) atoms. The molecule has 0 atom stereocenters. The number of rotatable bonds is 7. The zero-order valence-corrected chi connectivity index (χ0v) is 15.0. The minimum Gasteiger partial charge on any atom is -0.482 e. The quantitative estimate of drug-likeness (QED) is 0.715. The summed E-state index contributed by atoms with van der Waals surface area (Å²) in [5, 5.41) is 0.803. The number of carbonyl (C=O) groups excluding carboxylic acids is 2. The summed E-state index contributed by atoms with van der Waals surface area (Å²) in [6.45, 7) is 6.27. The molecular formula is C17H24O5Si. The topological polar surface area (TPSA) is 61.8 Å². The van der Waals surface area contributed by atoms with Gasteiger partial charge in [-0.1, -0.05) is 37.3 Å². The van der Waals surface area contributed by atoms with Gasteiger partial charge in [0.2, 0.25) is 0 Å². The minimum absolute atomic E-state index is 0.104. The Kier molecular flexibility index (Phi) is 5.59. The van der Waals surface area contributed by atoms with Gasteiger partial charge in [-0.15, -0.1) is 0 Å². The van der Waals surface area contributed by atoms with Crippen molar-refractivity contribution in [2.24, 2.45) is 5.41 Å². The number of carbonyl (C=O) groups is 2. The molecule has 0 spiro atoms. The fraction of sp³-hybridized carbons (Fsp3) is 0.529. The van der Waals surface area contributed by atoms with E-state index < -0.39 is 20.5 Å². The summed E-state index contributed by atoms with van der Waals surface area (Å²) in [5.41, 5.74) is 0.104. The van der Waals surface area contributed by atoms with Crippen LogP contribution in [0.4, 0.5) is 0 Å². The maximum atomic E-state index is 11.7. The average Bonchev–Trinajstić information content (AvgIpc) is 2.46. The predicted molar refractivity (Wildman–Crippen MR) is 88.3 cm³/mol. The second-order valence-electron chi connectivity index (χ2n) is 6.15. The molecule has 126 valence electrons. The van der Waals surface area contributed by atoms with Gasteiger partial charge < -0.3 is 13.6 Å². The molecule has 0 saturated carbocycles. The van der Waals surface area contributed by atoms with Crippen LogP contribution in [0.5, 0.6) is 0 Å². The molecule has 1 aromatic carbocycles. The third kappa shape index (κ3) is 4.20. The second-order valence-corrected chi connectivity index (χ2v) is 9.14. The molecule has 0 bridgehead atoms. The normalized spacial score (nSPS) is 16.3. The maximum absolute atomic E-state index is 11.7. The van der Waals surface area contributed by atoms with E-state index in [1.807, 2.05) is 30.3 Å². The molecule has 5 nitrogen and oxygen atoms in total. The van der Waals surface area contributed by atoms with Gasteiger partial charge in [0.05, 0.1) is 13.2 Å². The van der Waals surface area contributed by atoms with Gasteiger partial charge in [0, 0.05) is 30.5 Å². The molecule has 1 fully saturated rings. The number of ether oxygens (including phenoxy) is 1. The van der Waals surface area contributed by atoms with E-state index in [9.17, 15) is 9.59 Å². The van der Waals surface area contributed by atoms with Crippen LogP contribution in [0.25, 0.3) is 0 Å². The van der Waals surface area contributed by atoms with Gasteiger partial charge in [-0.3, -0.25) is 9.59 Å². The predicted octanol–water partition coefficient (Wildman–Crippen LogP) is 2.28. The van der Waals surface area contributed by atoms with Gasteiger partial charge in [0.25, 0.3) is 11.9 Å². The van der Waals surface area contributed by atoms with Gasteiger partial charge in [-0.25, -0.2) is 0 Å². The Bertz CT molecular complexity index is 532. The van der Waals surface area contributed by atoms with Crippen LogP contribution in [-0.2, 0) is 23.2 Å². The van der Waals surface area contributed by atoms with Crippen molar-refractivity contribution in [2.45, 2.75) is 39.7 Å². The Morgan fingerprint density at radius 2 is 1.70 bits per heavy atom. The standard InChI is InChI=1S/C17H24O5Si/c1-4-17(12-20-13-17)10-11-23(21-14(2)18,22-15(3)19)16-8-6-5-7-9-16/h5-9H,4,10-13H2,1-3H3. The Balaban J connectivity index is 2.31. The molecule has 0 aliphatic carbocycles. The van der Waals surface area contributed by atoms with E-state index >= 15 is 0 Å². The summed E-state index contributed by atoms with van der Waals surface area (Å²) in [4.78, 5) is 23.4. The van der Waals surface area contributed by atoms with Crippen LogP contribution in [0.2, 0.25) is 6.04 Å². The number of hydrogen-bond donors (Lipinski definition) is 0. The maximum Gasteiger partial charge on any atom is 0.499 e. The van der Waals surface area contributed by atoms with Crippen molar-refractivity contribution in [2.75, 3.05) is 13.2 Å². The highest BCUT2D eigenvalue weighted by Gasteiger charge is 2.49. The van der Waals surface area contributed by atoms with E-state index in [1.165, 1.54) is 13.8 Å². The SMILES string of the molecule is CCC1(CC[Si](OC(C)=O)(OC(C)=O)c2ccccc2)COC1. The fourth-order valence-electron chi connectivity index (χ4n) is 2.89. The van der Waals surface area contributed by atoms with Crippen molar-refractivity contribution in [1.82, 2.24) is 0 Å².